The molecule has 0 aliphatic carbocycles. The third-order valence-electron chi connectivity index (χ3n) is 5.42. The number of nitrogens with two attached hydrogens (primary N) is 1. The van der Waals surface area contributed by atoms with Crippen LogP contribution in [0.3, 0.4) is 0 Å². The van der Waals surface area contributed by atoms with Crippen LogP contribution in [0.15, 0.2) is 47.1 Å². The molecule has 4 rings (SSSR count). The highest BCUT2D eigenvalue weighted by Crippen LogP contribution is 2.39. The van der Waals surface area contributed by atoms with E-state index < -0.39 is 11.9 Å². The lowest BCUT2D eigenvalue weighted by atomic mass is 10.2. The number of carbonyl (C=O) groups excluding carboxylic acids is 1. The number of fused-ring (bicyclic) bond motifs is 1. The molecule has 10 nitrogen and oxygen atoms in total. The normalized spacial score (nSPS) is 15.4. The highest BCUT2D eigenvalue weighted by molar-refractivity contribution is 14.1. The molecule has 0 saturated heterocycles. The van der Waals surface area contributed by atoms with E-state index in [4.69, 9.17) is 24.9 Å². The quantitative estimate of drug-likeness (QED) is 0.311. The minimum Gasteiger partial charge on any atom is -0.454 e. The van der Waals surface area contributed by atoms with Crippen LogP contribution in [0.2, 0.25) is 0 Å². The van der Waals surface area contributed by atoms with Crippen molar-refractivity contribution < 1.29 is 19.0 Å². The molecule has 2 aromatic heterocycles. The summed E-state index contributed by atoms with van der Waals surface area (Å²) < 4.78 is 20.5. The van der Waals surface area contributed by atoms with Crippen molar-refractivity contribution in [2.75, 3.05) is 12.3 Å². The van der Waals surface area contributed by atoms with Crippen LogP contribution in [0.5, 0.6) is 0 Å². The topological polar surface area (TPSA) is 118 Å². The maximum atomic E-state index is 12.7. The first-order chi connectivity index (χ1) is 17.5. The van der Waals surface area contributed by atoms with Gasteiger partial charge < -0.3 is 29.4 Å². The van der Waals surface area contributed by atoms with E-state index in [-0.39, 0.29) is 12.1 Å². The fourth-order valence-corrected chi connectivity index (χ4v) is 5.20. The summed E-state index contributed by atoms with van der Waals surface area (Å²) in [4.78, 5) is 27.7. The molecule has 1 unspecified atom stereocenters. The molecule has 0 saturated carbocycles. The Balaban J connectivity index is 1.50. The molecule has 0 spiro atoms. The Morgan fingerprint density at radius 1 is 1.30 bits per heavy atom. The number of aryl methyl sites for hydroxylation is 1. The van der Waals surface area contributed by atoms with Crippen LogP contribution >= 0.6 is 34.4 Å². The fraction of sp³-hybridized carbons (Fsp3) is 0.440. The standard InChI is InChI=1S/C25H31IN6O4S/c1-15(2)31(24(33)36-25(3,4)5)11-8-12-32-21-19(20(27)28-14-29-21)30-23(32)37-18-13-34-22(35-18)16-9-6-7-10-17(16)26/h6-7,9-10,13-15,22H,8,11-12H2,1-5H3,(H2,27,28,29). The number of anilines is 1. The molecule has 1 aliphatic rings. The van der Waals surface area contributed by atoms with E-state index in [1.165, 1.54) is 18.1 Å². The molecule has 12 heteroatoms. The molecular weight excluding hydrogens is 607 g/mol. The average molecular weight is 639 g/mol. The number of aromatic nitrogens is 4. The summed E-state index contributed by atoms with van der Waals surface area (Å²) in [6, 6.07) is 7.90. The van der Waals surface area contributed by atoms with Crippen molar-refractivity contribution in [1.29, 1.82) is 0 Å². The molecule has 198 valence electrons. The molecule has 1 amide bonds. The summed E-state index contributed by atoms with van der Waals surface area (Å²) in [5, 5.41) is 1.22. The Labute approximate surface area is 234 Å². The van der Waals surface area contributed by atoms with Crippen LogP contribution in [0.25, 0.3) is 11.2 Å². The number of rotatable bonds is 8. The van der Waals surface area contributed by atoms with Crippen LogP contribution in [0.4, 0.5) is 10.6 Å². The maximum Gasteiger partial charge on any atom is 0.410 e. The summed E-state index contributed by atoms with van der Waals surface area (Å²) in [5.41, 5.74) is 7.64. The Kier molecular flexibility index (Phi) is 8.36. The van der Waals surface area contributed by atoms with Gasteiger partial charge in [0.1, 0.15) is 18.2 Å². The van der Waals surface area contributed by atoms with E-state index >= 15 is 0 Å². The SMILES string of the molecule is CC(C)N(CCCn1c(SC2=COC(c3ccccc3I)O2)nc2c(N)ncnc21)C(=O)OC(C)(C)C. The monoisotopic (exact) mass is 638 g/mol. The van der Waals surface area contributed by atoms with Crippen molar-refractivity contribution in [1.82, 2.24) is 24.4 Å². The third kappa shape index (κ3) is 6.58. The molecular formula is C25H31IN6O4S. The van der Waals surface area contributed by atoms with Crippen LogP contribution in [0, 0.1) is 3.57 Å². The van der Waals surface area contributed by atoms with Crippen molar-refractivity contribution in [2.24, 2.45) is 0 Å². The van der Waals surface area contributed by atoms with E-state index in [0.29, 0.717) is 46.7 Å². The predicted octanol–water partition coefficient (Wildman–Crippen LogP) is 5.69. The molecule has 1 aromatic carbocycles. The van der Waals surface area contributed by atoms with Gasteiger partial charge in [0.25, 0.3) is 6.29 Å². The zero-order valence-corrected chi connectivity index (χ0v) is 24.4. The van der Waals surface area contributed by atoms with E-state index in [1.54, 1.807) is 11.2 Å². The van der Waals surface area contributed by atoms with Gasteiger partial charge in [0, 0.05) is 28.3 Å². The van der Waals surface area contributed by atoms with Gasteiger partial charge in [-0.15, -0.1) is 0 Å². The zero-order valence-electron chi connectivity index (χ0n) is 21.5. The average Bonchev–Trinajstić information content (AvgIpc) is 3.41. The first-order valence-electron chi connectivity index (χ1n) is 11.9. The first-order valence-corrected chi connectivity index (χ1v) is 13.8. The van der Waals surface area contributed by atoms with Gasteiger partial charge in [0.05, 0.1) is 0 Å². The van der Waals surface area contributed by atoms with Gasteiger partial charge >= 0.3 is 6.09 Å². The summed E-state index contributed by atoms with van der Waals surface area (Å²) in [7, 11) is 0. The number of halogens is 1. The van der Waals surface area contributed by atoms with E-state index in [0.717, 1.165) is 9.13 Å². The third-order valence-corrected chi connectivity index (χ3v) is 7.29. The van der Waals surface area contributed by atoms with Crippen LogP contribution in [-0.4, -0.2) is 48.7 Å². The molecule has 2 N–H and O–H groups in total. The second kappa shape index (κ2) is 11.3. The van der Waals surface area contributed by atoms with Gasteiger partial charge in [-0.1, -0.05) is 18.2 Å². The van der Waals surface area contributed by atoms with Gasteiger partial charge in [-0.3, -0.25) is 0 Å². The van der Waals surface area contributed by atoms with Gasteiger partial charge in [-0.2, -0.15) is 0 Å². The molecule has 3 heterocycles. The number of benzene rings is 1. The highest BCUT2D eigenvalue weighted by atomic mass is 127. The van der Waals surface area contributed by atoms with E-state index in [9.17, 15) is 4.79 Å². The number of carbonyl (C=O) groups is 1. The minimum atomic E-state index is -0.560. The van der Waals surface area contributed by atoms with Crippen molar-refractivity contribution in [3.05, 3.63) is 51.1 Å². The van der Waals surface area contributed by atoms with Gasteiger partial charge in [-0.05, 0) is 81.5 Å². The van der Waals surface area contributed by atoms with E-state index in [2.05, 4.69) is 32.6 Å². The zero-order chi connectivity index (χ0) is 26.7. The lowest BCUT2D eigenvalue weighted by molar-refractivity contribution is -0.0279. The molecule has 1 atom stereocenters. The van der Waals surface area contributed by atoms with Crippen LogP contribution < -0.4 is 5.73 Å². The largest absolute Gasteiger partial charge is 0.454 e. The number of hydrogen-bond donors (Lipinski definition) is 1. The number of imidazole rings is 1. The van der Waals surface area contributed by atoms with Gasteiger partial charge in [0.2, 0.25) is 5.09 Å². The van der Waals surface area contributed by atoms with Gasteiger partial charge in [-0.25, -0.2) is 19.7 Å². The van der Waals surface area contributed by atoms with Crippen molar-refractivity contribution >= 4 is 57.4 Å². The fourth-order valence-electron chi connectivity index (χ4n) is 3.71. The molecule has 1 aliphatic heterocycles. The van der Waals surface area contributed by atoms with Crippen molar-refractivity contribution in [3.63, 3.8) is 0 Å². The Morgan fingerprint density at radius 3 is 2.76 bits per heavy atom. The lowest BCUT2D eigenvalue weighted by Crippen LogP contribution is -2.41. The predicted molar refractivity (Wildman–Crippen MR) is 150 cm³/mol. The Hall–Kier alpha value is -2.74. The molecule has 0 radical (unpaired) electrons. The lowest BCUT2D eigenvalue weighted by Gasteiger charge is -2.30. The van der Waals surface area contributed by atoms with Crippen LogP contribution in [-0.2, 0) is 20.8 Å². The number of nitrogen functional groups attached to an aromatic ring is 1. The summed E-state index contributed by atoms with van der Waals surface area (Å²) in [5.74, 6) is 0.303. The summed E-state index contributed by atoms with van der Waals surface area (Å²) in [6.45, 7) is 10.6. The number of amides is 1. The smallest absolute Gasteiger partial charge is 0.410 e. The number of ether oxygens (including phenoxy) is 3. The second-order valence-electron chi connectivity index (χ2n) is 9.74. The first kappa shape index (κ1) is 27.3. The van der Waals surface area contributed by atoms with Gasteiger partial charge in [0.15, 0.2) is 22.1 Å². The Bertz CT molecular complexity index is 1310. The number of hydrogen-bond acceptors (Lipinski definition) is 9. The van der Waals surface area contributed by atoms with Crippen molar-refractivity contribution in [2.45, 2.75) is 70.7 Å². The molecule has 0 bridgehead atoms. The van der Waals surface area contributed by atoms with Crippen LogP contribution in [0.1, 0.15) is 52.9 Å². The summed E-state index contributed by atoms with van der Waals surface area (Å²) >= 11 is 3.59. The number of thioether (sulfide) groups is 1. The maximum absolute atomic E-state index is 12.7. The molecule has 0 fully saturated rings. The van der Waals surface area contributed by atoms with E-state index in [1.807, 2.05) is 63.5 Å². The second-order valence-corrected chi connectivity index (χ2v) is 11.9. The highest BCUT2D eigenvalue weighted by Gasteiger charge is 2.27. The minimum absolute atomic E-state index is 0.00638. The molecule has 37 heavy (non-hydrogen) atoms. The Morgan fingerprint density at radius 2 is 2.05 bits per heavy atom. The summed E-state index contributed by atoms with van der Waals surface area (Å²) in [6.07, 6.45) is 2.82. The molecule has 3 aromatic rings. The number of nitrogens with zero attached hydrogens (tertiary/aromatic N) is 5. The van der Waals surface area contributed by atoms with Crippen molar-refractivity contribution in [3.8, 4) is 0 Å².